The highest BCUT2D eigenvalue weighted by Gasteiger charge is 2.18. The maximum absolute atomic E-state index is 13.5. The zero-order valence-corrected chi connectivity index (χ0v) is 11.4. The van der Waals surface area contributed by atoms with Gasteiger partial charge in [0.1, 0.15) is 10.6 Å². The van der Waals surface area contributed by atoms with Crippen LogP contribution in [0.5, 0.6) is 0 Å². The molecule has 0 saturated heterocycles. The van der Waals surface area contributed by atoms with Crippen LogP contribution in [0.25, 0.3) is 0 Å². The molecule has 0 radical (unpaired) electrons. The third-order valence-corrected chi connectivity index (χ3v) is 3.39. The quantitative estimate of drug-likeness (QED) is 0.918. The molecule has 0 aliphatic heterocycles. The lowest BCUT2D eigenvalue weighted by molar-refractivity contribution is 0.102. The summed E-state index contributed by atoms with van der Waals surface area (Å²) in [6, 6.07) is 2.13. The number of hydrogen-bond donors (Lipinski definition) is 1. The largest absolute Gasteiger partial charge is 0.316 e. The summed E-state index contributed by atoms with van der Waals surface area (Å²) in [5.74, 6) is -2.35. The van der Waals surface area contributed by atoms with Crippen molar-refractivity contribution in [2.75, 3.05) is 5.32 Å². The van der Waals surface area contributed by atoms with Crippen molar-refractivity contribution >= 4 is 39.1 Å². The van der Waals surface area contributed by atoms with Gasteiger partial charge in [-0.1, -0.05) is 20.4 Å². The molecule has 4 nitrogen and oxygen atoms in total. The standard InChI is InChI=1S/C10H6BrF2N3OS/c1-4-9(18-16-15-4)10(17)14-8-6(12)2-5(11)3-7(8)13/h2-3H,1H3,(H,14,17). The third kappa shape index (κ3) is 2.54. The topological polar surface area (TPSA) is 54.9 Å². The number of aryl methyl sites for hydroxylation is 1. The monoisotopic (exact) mass is 333 g/mol. The SMILES string of the molecule is Cc1nnsc1C(=O)Nc1c(F)cc(Br)cc1F. The Kier molecular flexibility index (Phi) is 3.67. The number of hydrogen-bond acceptors (Lipinski definition) is 4. The summed E-state index contributed by atoms with van der Waals surface area (Å²) in [5.41, 5.74) is -0.0774. The van der Waals surface area contributed by atoms with Crippen molar-refractivity contribution in [3.8, 4) is 0 Å². The highest BCUT2D eigenvalue weighted by molar-refractivity contribution is 9.10. The Balaban J connectivity index is 2.31. The minimum absolute atomic E-state index is 0.219. The Morgan fingerprint density at radius 2 is 2.00 bits per heavy atom. The van der Waals surface area contributed by atoms with Gasteiger partial charge in [0.2, 0.25) is 0 Å². The highest BCUT2D eigenvalue weighted by Crippen LogP contribution is 2.24. The Bertz CT molecular complexity index is 594. The zero-order valence-electron chi connectivity index (χ0n) is 9.00. The minimum atomic E-state index is -0.856. The van der Waals surface area contributed by atoms with Gasteiger partial charge in [-0.05, 0) is 30.6 Å². The molecular formula is C10H6BrF2N3OS. The molecule has 8 heteroatoms. The smallest absolute Gasteiger partial charge is 0.269 e. The van der Waals surface area contributed by atoms with Crippen LogP contribution < -0.4 is 5.32 Å². The average Bonchev–Trinajstić information content (AvgIpc) is 2.69. The van der Waals surface area contributed by atoms with Crippen LogP contribution in [-0.4, -0.2) is 15.5 Å². The van der Waals surface area contributed by atoms with Crippen molar-refractivity contribution in [1.29, 1.82) is 0 Å². The van der Waals surface area contributed by atoms with Crippen LogP contribution >= 0.6 is 27.5 Å². The van der Waals surface area contributed by atoms with Crippen LogP contribution in [0.4, 0.5) is 14.5 Å². The summed E-state index contributed by atoms with van der Waals surface area (Å²) in [6.45, 7) is 1.59. The summed E-state index contributed by atoms with van der Waals surface area (Å²) >= 11 is 3.82. The predicted molar refractivity (Wildman–Crippen MR) is 66.7 cm³/mol. The molecule has 0 fully saturated rings. The zero-order chi connectivity index (χ0) is 13.3. The Morgan fingerprint density at radius 3 is 2.50 bits per heavy atom. The van der Waals surface area contributed by atoms with Gasteiger partial charge in [0.05, 0.1) is 5.69 Å². The molecule has 0 aliphatic rings. The summed E-state index contributed by atoms with van der Waals surface area (Å²) < 4.78 is 30.8. The lowest BCUT2D eigenvalue weighted by Crippen LogP contribution is -2.14. The van der Waals surface area contributed by atoms with E-state index in [2.05, 4.69) is 30.8 Å². The molecule has 1 amide bonds. The van der Waals surface area contributed by atoms with E-state index in [0.717, 1.165) is 23.7 Å². The molecule has 94 valence electrons. The van der Waals surface area contributed by atoms with E-state index in [4.69, 9.17) is 0 Å². The van der Waals surface area contributed by atoms with Gasteiger partial charge in [-0.2, -0.15) is 0 Å². The van der Waals surface area contributed by atoms with E-state index >= 15 is 0 Å². The maximum atomic E-state index is 13.5. The van der Waals surface area contributed by atoms with E-state index in [1.54, 1.807) is 6.92 Å². The second kappa shape index (κ2) is 5.07. The van der Waals surface area contributed by atoms with Gasteiger partial charge in [0, 0.05) is 4.47 Å². The van der Waals surface area contributed by atoms with Crippen molar-refractivity contribution in [3.05, 3.63) is 38.8 Å². The van der Waals surface area contributed by atoms with E-state index in [1.165, 1.54) is 0 Å². The first-order valence-corrected chi connectivity index (χ1v) is 6.30. The summed E-state index contributed by atoms with van der Waals surface area (Å²) in [7, 11) is 0. The van der Waals surface area contributed by atoms with Gasteiger partial charge < -0.3 is 5.32 Å². The van der Waals surface area contributed by atoms with Crippen LogP contribution in [0.15, 0.2) is 16.6 Å². The molecule has 1 aromatic heterocycles. The van der Waals surface area contributed by atoms with E-state index in [1.807, 2.05) is 0 Å². The van der Waals surface area contributed by atoms with Gasteiger partial charge >= 0.3 is 0 Å². The third-order valence-electron chi connectivity index (χ3n) is 2.10. The molecule has 18 heavy (non-hydrogen) atoms. The van der Waals surface area contributed by atoms with E-state index in [9.17, 15) is 13.6 Å². The average molecular weight is 334 g/mol. The van der Waals surface area contributed by atoms with E-state index < -0.39 is 23.2 Å². The molecule has 0 unspecified atom stereocenters. The van der Waals surface area contributed by atoms with Gasteiger partial charge in [-0.25, -0.2) is 8.78 Å². The Labute approximate surface area is 113 Å². The number of nitrogens with zero attached hydrogens (tertiary/aromatic N) is 2. The molecular weight excluding hydrogens is 328 g/mol. The van der Waals surface area contributed by atoms with Crippen molar-refractivity contribution in [3.63, 3.8) is 0 Å². The number of halogens is 3. The summed E-state index contributed by atoms with van der Waals surface area (Å²) in [6.07, 6.45) is 0. The summed E-state index contributed by atoms with van der Waals surface area (Å²) in [5, 5.41) is 5.82. The first-order chi connectivity index (χ1) is 8.49. The van der Waals surface area contributed by atoms with Crippen LogP contribution in [0.2, 0.25) is 0 Å². The Hall–Kier alpha value is -1.41. The molecule has 0 aliphatic carbocycles. The maximum Gasteiger partial charge on any atom is 0.269 e. The number of amides is 1. The second-order valence-electron chi connectivity index (χ2n) is 3.39. The number of carbonyl (C=O) groups is 1. The van der Waals surface area contributed by atoms with Crippen LogP contribution in [0, 0.1) is 18.6 Å². The van der Waals surface area contributed by atoms with E-state index in [0.29, 0.717) is 5.69 Å². The fraction of sp³-hybridized carbons (Fsp3) is 0.100. The minimum Gasteiger partial charge on any atom is -0.316 e. The molecule has 1 N–H and O–H groups in total. The normalized spacial score (nSPS) is 10.4. The van der Waals surface area contributed by atoms with Gasteiger partial charge in [0.25, 0.3) is 5.91 Å². The van der Waals surface area contributed by atoms with E-state index in [-0.39, 0.29) is 9.35 Å². The van der Waals surface area contributed by atoms with Gasteiger partial charge in [-0.3, -0.25) is 4.79 Å². The lowest BCUT2D eigenvalue weighted by atomic mass is 10.2. The number of carbonyl (C=O) groups excluding carboxylic acids is 1. The van der Waals surface area contributed by atoms with Crippen LogP contribution in [0.3, 0.4) is 0 Å². The van der Waals surface area contributed by atoms with Crippen molar-refractivity contribution < 1.29 is 13.6 Å². The molecule has 2 aromatic rings. The first kappa shape index (κ1) is 13.0. The number of nitrogens with one attached hydrogen (secondary N) is 1. The number of aromatic nitrogens is 2. The Morgan fingerprint density at radius 1 is 1.39 bits per heavy atom. The predicted octanol–water partition coefficient (Wildman–Crippen LogP) is 3.14. The van der Waals surface area contributed by atoms with Crippen molar-refractivity contribution in [2.45, 2.75) is 6.92 Å². The first-order valence-electron chi connectivity index (χ1n) is 4.74. The van der Waals surface area contributed by atoms with Crippen LogP contribution in [-0.2, 0) is 0 Å². The molecule has 0 atom stereocenters. The second-order valence-corrected chi connectivity index (χ2v) is 5.06. The van der Waals surface area contributed by atoms with Gasteiger partial charge in [-0.15, -0.1) is 5.10 Å². The molecule has 0 saturated carbocycles. The fourth-order valence-electron chi connectivity index (χ4n) is 1.27. The fourth-order valence-corrected chi connectivity index (χ4v) is 2.23. The summed E-state index contributed by atoms with van der Waals surface area (Å²) in [4.78, 5) is 12.0. The lowest BCUT2D eigenvalue weighted by Gasteiger charge is -2.07. The molecule has 1 heterocycles. The van der Waals surface area contributed by atoms with Crippen molar-refractivity contribution in [1.82, 2.24) is 9.59 Å². The number of benzene rings is 1. The van der Waals surface area contributed by atoms with Crippen molar-refractivity contribution in [2.24, 2.45) is 0 Å². The number of anilines is 1. The van der Waals surface area contributed by atoms with Crippen LogP contribution in [0.1, 0.15) is 15.4 Å². The molecule has 0 spiro atoms. The molecule has 0 bridgehead atoms. The van der Waals surface area contributed by atoms with Gasteiger partial charge in [0.15, 0.2) is 11.6 Å². The highest BCUT2D eigenvalue weighted by atomic mass is 79.9. The number of rotatable bonds is 2. The molecule has 1 aromatic carbocycles. The molecule has 2 rings (SSSR count).